The van der Waals surface area contributed by atoms with Crippen molar-refractivity contribution in [1.29, 1.82) is 0 Å². The van der Waals surface area contributed by atoms with E-state index in [9.17, 15) is 4.79 Å². The van der Waals surface area contributed by atoms with Gasteiger partial charge in [-0.1, -0.05) is 31.3 Å². The Morgan fingerprint density at radius 1 is 1.38 bits per heavy atom. The monoisotopic (exact) mass is 345 g/mol. The number of pyridine rings is 1. The van der Waals surface area contributed by atoms with Crippen LogP contribution in [0.3, 0.4) is 0 Å². The molecule has 2 aromatic heterocycles. The molecule has 128 valence electrons. The van der Waals surface area contributed by atoms with E-state index < -0.39 is 0 Å². The van der Waals surface area contributed by atoms with Crippen molar-refractivity contribution >= 4 is 28.2 Å². The molecule has 1 atom stereocenters. The Kier molecular flexibility index (Phi) is 5.08. The van der Waals surface area contributed by atoms with Crippen LogP contribution in [-0.2, 0) is 4.79 Å². The lowest BCUT2D eigenvalue weighted by molar-refractivity contribution is -0.120. The zero-order valence-corrected chi connectivity index (χ0v) is 15.1. The van der Waals surface area contributed by atoms with Crippen LogP contribution in [0, 0.1) is 12.8 Å². The second-order valence-corrected chi connectivity index (χ2v) is 7.50. The van der Waals surface area contributed by atoms with Crippen molar-refractivity contribution in [1.82, 2.24) is 15.2 Å². The van der Waals surface area contributed by atoms with Gasteiger partial charge in [0.1, 0.15) is 10.8 Å². The molecule has 3 heterocycles. The molecule has 1 aliphatic rings. The van der Waals surface area contributed by atoms with E-state index in [1.165, 1.54) is 0 Å². The summed E-state index contributed by atoms with van der Waals surface area (Å²) in [6.45, 7) is 7.76. The summed E-state index contributed by atoms with van der Waals surface area (Å²) in [4.78, 5) is 19.1. The number of carbonyl (C=O) groups excluding carboxylic acids is 1. The molecule has 24 heavy (non-hydrogen) atoms. The number of anilines is 2. The average molecular weight is 345 g/mol. The van der Waals surface area contributed by atoms with Crippen molar-refractivity contribution in [2.75, 3.05) is 23.3 Å². The van der Waals surface area contributed by atoms with Crippen LogP contribution in [0.25, 0.3) is 0 Å². The van der Waals surface area contributed by atoms with E-state index in [1.54, 1.807) is 11.3 Å². The highest BCUT2D eigenvalue weighted by Crippen LogP contribution is 2.29. The maximum atomic E-state index is 12.6. The number of aryl methyl sites for hydroxylation is 1. The number of piperidine rings is 1. The quantitative estimate of drug-likeness (QED) is 0.921. The third-order valence-corrected chi connectivity index (χ3v) is 5.41. The van der Waals surface area contributed by atoms with Gasteiger partial charge in [-0.2, -0.15) is 0 Å². The van der Waals surface area contributed by atoms with Crippen molar-refractivity contribution in [3.05, 3.63) is 28.9 Å². The number of aromatic nitrogens is 3. The fourth-order valence-corrected chi connectivity index (χ4v) is 3.67. The number of nitrogens with zero attached hydrogens (tertiary/aromatic N) is 4. The second-order valence-electron chi connectivity index (χ2n) is 6.52. The van der Waals surface area contributed by atoms with Crippen LogP contribution in [0.5, 0.6) is 0 Å². The molecule has 0 unspecified atom stereocenters. The molecule has 0 saturated carbocycles. The molecule has 6 nitrogen and oxygen atoms in total. The Bertz CT molecular complexity index is 715. The molecule has 0 radical (unpaired) electrons. The summed E-state index contributed by atoms with van der Waals surface area (Å²) in [5, 5.41) is 13.5. The third kappa shape index (κ3) is 3.90. The van der Waals surface area contributed by atoms with Crippen LogP contribution in [0.15, 0.2) is 18.2 Å². The summed E-state index contributed by atoms with van der Waals surface area (Å²) in [7, 11) is 0. The molecule has 1 saturated heterocycles. The molecule has 0 aliphatic carbocycles. The third-order valence-electron chi connectivity index (χ3n) is 4.13. The Morgan fingerprint density at radius 3 is 2.92 bits per heavy atom. The van der Waals surface area contributed by atoms with Crippen LogP contribution in [0.4, 0.5) is 10.9 Å². The van der Waals surface area contributed by atoms with Crippen LogP contribution in [0.1, 0.15) is 43.3 Å². The Morgan fingerprint density at radius 2 is 2.21 bits per heavy atom. The molecular formula is C17H23N5OS. The maximum Gasteiger partial charge on any atom is 0.230 e. The molecular weight excluding hydrogens is 322 g/mol. The van der Waals surface area contributed by atoms with Crippen molar-refractivity contribution in [3.63, 3.8) is 0 Å². The van der Waals surface area contributed by atoms with E-state index in [0.717, 1.165) is 35.2 Å². The lowest BCUT2D eigenvalue weighted by Crippen LogP contribution is -2.40. The Labute approximate surface area is 146 Å². The fourth-order valence-electron chi connectivity index (χ4n) is 2.79. The van der Waals surface area contributed by atoms with Gasteiger partial charge in [-0.05, 0) is 31.9 Å². The van der Waals surface area contributed by atoms with E-state index in [4.69, 9.17) is 0 Å². The van der Waals surface area contributed by atoms with Gasteiger partial charge >= 0.3 is 0 Å². The number of nitrogens with one attached hydrogen (secondary N) is 1. The van der Waals surface area contributed by atoms with E-state index in [0.29, 0.717) is 18.3 Å². The SMILES string of the molecule is Cc1cccc(NC(=O)[C@@H]2CCCN(c3nnc(C(C)C)s3)C2)n1. The first-order chi connectivity index (χ1) is 11.5. The van der Waals surface area contributed by atoms with Gasteiger partial charge in [0.2, 0.25) is 11.0 Å². The largest absolute Gasteiger partial charge is 0.346 e. The normalized spacial score (nSPS) is 18.0. The Hall–Kier alpha value is -2.02. The zero-order chi connectivity index (χ0) is 17.1. The number of amides is 1. The van der Waals surface area contributed by atoms with Crippen molar-refractivity contribution in [3.8, 4) is 0 Å². The molecule has 0 bridgehead atoms. The minimum absolute atomic E-state index is 0.0337. The van der Waals surface area contributed by atoms with Crippen molar-refractivity contribution in [2.24, 2.45) is 5.92 Å². The number of rotatable bonds is 4. The Balaban J connectivity index is 1.65. The summed E-state index contributed by atoms with van der Waals surface area (Å²) in [5.41, 5.74) is 0.896. The molecule has 0 spiro atoms. The standard InChI is InChI=1S/C17H23N5OS/c1-11(2)16-20-21-17(24-16)22-9-5-7-13(10-22)15(23)19-14-8-4-6-12(3)18-14/h4,6,8,11,13H,5,7,9-10H2,1-3H3,(H,18,19,23)/t13-/m1/s1. The molecule has 2 aromatic rings. The molecule has 7 heteroatoms. The van der Waals surface area contributed by atoms with Crippen LogP contribution in [0.2, 0.25) is 0 Å². The molecule has 1 aliphatic heterocycles. The minimum Gasteiger partial charge on any atom is -0.346 e. The van der Waals surface area contributed by atoms with Gasteiger partial charge in [0.25, 0.3) is 0 Å². The van der Waals surface area contributed by atoms with Gasteiger partial charge < -0.3 is 10.2 Å². The molecule has 1 amide bonds. The average Bonchev–Trinajstić information content (AvgIpc) is 3.05. The van der Waals surface area contributed by atoms with Gasteiger partial charge in [-0.3, -0.25) is 4.79 Å². The smallest absolute Gasteiger partial charge is 0.230 e. The minimum atomic E-state index is -0.0486. The lowest BCUT2D eigenvalue weighted by Gasteiger charge is -2.31. The van der Waals surface area contributed by atoms with Gasteiger partial charge in [0.15, 0.2) is 0 Å². The molecule has 1 N–H and O–H groups in total. The van der Waals surface area contributed by atoms with Crippen LogP contribution < -0.4 is 10.2 Å². The predicted molar refractivity (Wildman–Crippen MR) is 96.5 cm³/mol. The highest BCUT2D eigenvalue weighted by atomic mass is 32.1. The molecule has 3 rings (SSSR count). The topological polar surface area (TPSA) is 71.0 Å². The summed E-state index contributed by atoms with van der Waals surface area (Å²) < 4.78 is 0. The van der Waals surface area contributed by atoms with Crippen LogP contribution >= 0.6 is 11.3 Å². The van der Waals surface area contributed by atoms with E-state index in [1.807, 2.05) is 25.1 Å². The van der Waals surface area contributed by atoms with E-state index >= 15 is 0 Å². The predicted octanol–water partition coefficient (Wildman–Crippen LogP) is 3.22. The number of hydrogen-bond donors (Lipinski definition) is 1. The lowest BCUT2D eigenvalue weighted by atomic mass is 9.97. The fraction of sp³-hybridized carbons (Fsp3) is 0.529. The highest BCUT2D eigenvalue weighted by Gasteiger charge is 2.28. The first-order valence-corrected chi connectivity index (χ1v) is 9.17. The summed E-state index contributed by atoms with van der Waals surface area (Å²) in [5.74, 6) is 0.988. The maximum absolute atomic E-state index is 12.6. The summed E-state index contributed by atoms with van der Waals surface area (Å²) >= 11 is 1.63. The molecule has 1 fully saturated rings. The van der Waals surface area contributed by atoms with E-state index in [-0.39, 0.29) is 11.8 Å². The van der Waals surface area contributed by atoms with Gasteiger partial charge in [-0.15, -0.1) is 10.2 Å². The van der Waals surface area contributed by atoms with Crippen molar-refractivity contribution < 1.29 is 4.79 Å². The number of carbonyl (C=O) groups is 1. The zero-order valence-electron chi connectivity index (χ0n) is 14.3. The first kappa shape index (κ1) is 16.8. The van der Waals surface area contributed by atoms with Crippen LogP contribution in [-0.4, -0.2) is 34.2 Å². The first-order valence-electron chi connectivity index (χ1n) is 8.36. The van der Waals surface area contributed by atoms with Crippen molar-refractivity contribution in [2.45, 2.75) is 39.5 Å². The second kappa shape index (κ2) is 7.25. The number of hydrogen-bond acceptors (Lipinski definition) is 6. The van der Waals surface area contributed by atoms with Gasteiger partial charge in [0, 0.05) is 24.7 Å². The van der Waals surface area contributed by atoms with Gasteiger partial charge in [-0.25, -0.2) is 4.98 Å². The molecule has 0 aromatic carbocycles. The summed E-state index contributed by atoms with van der Waals surface area (Å²) in [6, 6.07) is 5.64. The summed E-state index contributed by atoms with van der Waals surface area (Å²) in [6.07, 6.45) is 1.87. The van der Waals surface area contributed by atoms with E-state index in [2.05, 4.69) is 39.2 Å². The highest BCUT2D eigenvalue weighted by molar-refractivity contribution is 7.15. The van der Waals surface area contributed by atoms with Gasteiger partial charge in [0.05, 0.1) is 5.92 Å².